The second-order valence-electron chi connectivity index (χ2n) is 5.01. The third-order valence-corrected chi connectivity index (χ3v) is 4.24. The first kappa shape index (κ1) is 14.9. The van der Waals surface area contributed by atoms with Crippen LogP contribution in [-0.2, 0) is 16.4 Å². The van der Waals surface area contributed by atoms with Crippen molar-refractivity contribution in [2.75, 3.05) is 0 Å². The summed E-state index contributed by atoms with van der Waals surface area (Å²) in [6.45, 7) is 2.19. The van der Waals surface area contributed by atoms with Gasteiger partial charge in [0.2, 0.25) is 10.0 Å². The number of nitrogens with zero attached hydrogens (tertiary/aromatic N) is 1. The SMILES string of the molecule is CCCCCCc1ccc2cc(S(N)(=O)=O)ccc2n1. The molecule has 0 unspecified atom stereocenters. The lowest BCUT2D eigenvalue weighted by Gasteiger charge is -2.04. The van der Waals surface area contributed by atoms with Crippen LogP contribution in [-0.4, -0.2) is 13.4 Å². The summed E-state index contributed by atoms with van der Waals surface area (Å²) in [6.07, 6.45) is 5.81. The average Bonchev–Trinajstić information content (AvgIpc) is 2.42. The molecule has 2 aromatic rings. The maximum atomic E-state index is 11.3. The molecule has 1 heterocycles. The number of aryl methyl sites for hydroxylation is 1. The lowest BCUT2D eigenvalue weighted by atomic mass is 10.1. The predicted molar refractivity (Wildman–Crippen MR) is 81.0 cm³/mol. The van der Waals surface area contributed by atoms with Crippen molar-refractivity contribution in [1.29, 1.82) is 0 Å². The summed E-state index contributed by atoms with van der Waals surface area (Å²) in [5, 5.41) is 5.92. The molecule has 0 spiro atoms. The Labute approximate surface area is 120 Å². The Balaban J connectivity index is 2.19. The summed E-state index contributed by atoms with van der Waals surface area (Å²) in [5.74, 6) is 0. The van der Waals surface area contributed by atoms with E-state index in [4.69, 9.17) is 5.14 Å². The van der Waals surface area contributed by atoms with E-state index in [1.807, 2.05) is 12.1 Å². The Morgan fingerprint density at radius 3 is 2.60 bits per heavy atom. The standard InChI is InChI=1S/C15H20N2O2S/c1-2-3-4-5-6-13-8-7-12-11-14(20(16,18)19)9-10-15(12)17-13/h7-11H,2-6H2,1H3,(H2,16,18,19). The lowest BCUT2D eigenvalue weighted by Crippen LogP contribution is -2.11. The topological polar surface area (TPSA) is 73.1 Å². The Morgan fingerprint density at radius 2 is 1.90 bits per heavy atom. The molecule has 1 aromatic carbocycles. The molecule has 0 aliphatic carbocycles. The molecule has 0 aliphatic heterocycles. The van der Waals surface area contributed by atoms with E-state index in [1.165, 1.54) is 25.3 Å². The number of unbranched alkanes of at least 4 members (excludes halogenated alkanes) is 3. The van der Waals surface area contributed by atoms with Gasteiger partial charge in [-0.05, 0) is 37.1 Å². The quantitative estimate of drug-likeness (QED) is 0.832. The lowest BCUT2D eigenvalue weighted by molar-refractivity contribution is 0.598. The Kier molecular flexibility index (Phi) is 4.73. The Morgan fingerprint density at radius 1 is 1.10 bits per heavy atom. The minimum absolute atomic E-state index is 0.127. The highest BCUT2D eigenvalue weighted by Gasteiger charge is 2.08. The monoisotopic (exact) mass is 292 g/mol. The number of pyridine rings is 1. The highest BCUT2D eigenvalue weighted by Crippen LogP contribution is 2.18. The van der Waals surface area contributed by atoms with Gasteiger partial charge in [0.25, 0.3) is 0 Å². The number of nitrogens with two attached hydrogens (primary N) is 1. The van der Waals surface area contributed by atoms with Gasteiger partial charge >= 0.3 is 0 Å². The Hall–Kier alpha value is -1.46. The van der Waals surface area contributed by atoms with Crippen LogP contribution in [0.15, 0.2) is 35.2 Å². The zero-order valence-electron chi connectivity index (χ0n) is 11.7. The van der Waals surface area contributed by atoms with E-state index in [1.54, 1.807) is 12.1 Å². The van der Waals surface area contributed by atoms with Crippen LogP contribution in [0.25, 0.3) is 10.9 Å². The van der Waals surface area contributed by atoms with Crippen molar-refractivity contribution in [3.05, 3.63) is 36.0 Å². The highest BCUT2D eigenvalue weighted by atomic mass is 32.2. The predicted octanol–water partition coefficient (Wildman–Crippen LogP) is 3.01. The van der Waals surface area contributed by atoms with Crippen LogP contribution in [0.1, 0.15) is 38.3 Å². The molecule has 2 N–H and O–H groups in total. The van der Waals surface area contributed by atoms with Crippen LogP contribution in [0, 0.1) is 0 Å². The van der Waals surface area contributed by atoms with Crippen LogP contribution in [0.3, 0.4) is 0 Å². The molecule has 4 nitrogen and oxygen atoms in total. The number of fused-ring (bicyclic) bond motifs is 1. The van der Waals surface area contributed by atoms with Crippen molar-refractivity contribution in [3.8, 4) is 0 Å². The number of sulfonamides is 1. The fourth-order valence-electron chi connectivity index (χ4n) is 2.19. The fraction of sp³-hybridized carbons (Fsp3) is 0.400. The molecule has 1 aromatic heterocycles. The number of aromatic nitrogens is 1. The molecular weight excluding hydrogens is 272 g/mol. The third kappa shape index (κ3) is 3.77. The van der Waals surface area contributed by atoms with Crippen molar-refractivity contribution in [2.45, 2.75) is 43.9 Å². The van der Waals surface area contributed by atoms with E-state index in [0.29, 0.717) is 0 Å². The fourth-order valence-corrected chi connectivity index (χ4v) is 2.74. The molecule has 0 radical (unpaired) electrons. The number of benzene rings is 1. The smallest absolute Gasteiger partial charge is 0.238 e. The summed E-state index contributed by atoms with van der Waals surface area (Å²) in [5.41, 5.74) is 1.86. The van der Waals surface area contributed by atoms with Gasteiger partial charge in [-0.15, -0.1) is 0 Å². The summed E-state index contributed by atoms with van der Waals surface area (Å²) >= 11 is 0. The van der Waals surface area contributed by atoms with Crippen molar-refractivity contribution in [3.63, 3.8) is 0 Å². The zero-order valence-corrected chi connectivity index (χ0v) is 12.5. The van der Waals surface area contributed by atoms with Crippen molar-refractivity contribution < 1.29 is 8.42 Å². The van der Waals surface area contributed by atoms with Gasteiger partial charge in [-0.1, -0.05) is 32.3 Å². The maximum absolute atomic E-state index is 11.3. The first-order chi connectivity index (χ1) is 9.50. The van der Waals surface area contributed by atoms with E-state index in [9.17, 15) is 8.42 Å². The third-order valence-electron chi connectivity index (χ3n) is 3.33. The normalized spacial score (nSPS) is 11.9. The van der Waals surface area contributed by atoms with Crippen molar-refractivity contribution >= 4 is 20.9 Å². The van der Waals surface area contributed by atoms with E-state index in [-0.39, 0.29) is 4.90 Å². The minimum atomic E-state index is -3.65. The maximum Gasteiger partial charge on any atom is 0.238 e. The van der Waals surface area contributed by atoms with E-state index in [0.717, 1.165) is 29.4 Å². The molecule has 108 valence electrons. The largest absolute Gasteiger partial charge is 0.253 e. The second kappa shape index (κ2) is 6.33. The van der Waals surface area contributed by atoms with Crippen LogP contribution < -0.4 is 5.14 Å². The van der Waals surface area contributed by atoms with Crippen LogP contribution in [0.2, 0.25) is 0 Å². The molecule has 0 bridgehead atoms. The van der Waals surface area contributed by atoms with Gasteiger partial charge in [-0.25, -0.2) is 13.6 Å². The van der Waals surface area contributed by atoms with Gasteiger partial charge < -0.3 is 0 Å². The number of rotatable bonds is 6. The van der Waals surface area contributed by atoms with Gasteiger partial charge in [-0.2, -0.15) is 0 Å². The van der Waals surface area contributed by atoms with Crippen LogP contribution in [0.5, 0.6) is 0 Å². The van der Waals surface area contributed by atoms with Crippen LogP contribution in [0.4, 0.5) is 0 Å². The van der Waals surface area contributed by atoms with Gasteiger partial charge in [-0.3, -0.25) is 4.98 Å². The highest BCUT2D eigenvalue weighted by molar-refractivity contribution is 7.89. The van der Waals surface area contributed by atoms with Gasteiger partial charge in [0.05, 0.1) is 10.4 Å². The van der Waals surface area contributed by atoms with Gasteiger partial charge in [0.15, 0.2) is 0 Å². The minimum Gasteiger partial charge on any atom is -0.253 e. The molecule has 20 heavy (non-hydrogen) atoms. The molecule has 0 amide bonds. The molecule has 5 heteroatoms. The molecule has 0 fully saturated rings. The number of hydrogen-bond acceptors (Lipinski definition) is 3. The van der Waals surface area contributed by atoms with Gasteiger partial charge in [0, 0.05) is 11.1 Å². The average molecular weight is 292 g/mol. The zero-order chi connectivity index (χ0) is 14.6. The first-order valence-corrected chi connectivity index (χ1v) is 8.48. The molecule has 0 saturated heterocycles. The Bertz CT molecular complexity index is 696. The summed E-state index contributed by atoms with van der Waals surface area (Å²) in [7, 11) is -3.65. The summed E-state index contributed by atoms with van der Waals surface area (Å²) in [6, 6.07) is 8.65. The van der Waals surface area contributed by atoms with Crippen molar-refractivity contribution in [2.24, 2.45) is 5.14 Å². The molecule has 2 rings (SSSR count). The van der Waals surface area contributed by atoms with Crippen LogP contribution >= 0.6 is 0 Å². The van der Waals surface area contributed by atoms with E-state index < -0.39 is 10.0 Å². The molecule has 0 saturated carbocycles. The van der Waals surface area contributed by atoms with Crippen molar-refractivity contribution in [1.82, 2.24) is 4.98 Å². The molecular formula is C15H20N2O2S. The molecule has 0 aliphatic rings. The first-order valence-electron chi connectivity index (χ1n) is 6.93. The number of primary sulfonamides is 1. The van der Waals surface area contributed by atoms with E-state index >= 15 is 0 Å². The summed E-state index contributed by atoms with van der Waals surface area (Å²) < 4.78 is 22.6. The van der Waals surface area contributed by atoms with Gasteiger partial charge in [0.1, 0.15) is 0 Å². The number of hydrogen-bond donors (Lipinski definition) is 1. The second-order valence-corrected chi connectivity index (χ2v) is 6.57. The molecule has 0 atom stereocenters. The van der Waals surface area contributed by atoms with E-state index in [2.05, 4.69) is 11.9 Å². The summed E-state index contributed by atoms with van der Waals surface area (Å²) in [4.78, 5) is 4.69.